The minimum Gasteiger partial charge on any atom is -0.465 e. The lowest BCUT2D eigenvalue weighted by Gasteiger charge is -2.18. The third-order valence-corrected chi connectivity index (χ3v) is 6.47. The van der Waals surface area contributed by atoms with Gasteiger partial charge < -0.3 is 4.74 Å². The van der Waals surface area contributed by atoms with Crippen LogP contribution in [-0.4, -0.2) is 17.4 Å². The van der Waals surface area contributed by atoms with E-state index in [-0.39, 0.29) is 10.8 Å². The van der Waals surface area contributed by atoms with Crippen LogP contribution in [0.1, 0.15) is 13.8 Å². The lowest BCUT2D eigenvalue weighted by molar-refractivity contribution is -0.141. The minimum absolute atomic E-state index is 0.178. The van der Waals surface area contributed by atoms with E-state index in [2.05, 4.69) is 112 Å². The van der Waals surface area contributed by atoms with Crippen molar-refractivity contribution in [2.75, 3.05) is 6.61 Å². The zero-order valence-corrected chi connectivity index (χ0v) is 18.1. The van der Waals surface area contributed by atoms with Crippen molar-refractivity contribution in [2.45, 2.75) is 18.7 Å². The number of ether oxygens (including phenoxy) is 1. The Morgan fingerprint density at radius 1 is 0.815 bits per heavy atom. The highest BCUT2D eigenvalue weighted by atomic mass is 79.9. The monoisotopic (exact) mass is 442 g/mol. The fourth-order valence-corrected chi connectivity index (χ4v) is 4.87. The molecule has 0 radical (unpaired) electrons. The molecule has 0 aliphatic carbocycles. The topological polar surface area (TPSA) is 26.3 Å². The molecule has 0 fully saturated rings. The molecule has 0 aliphatic rings. The second-order valence-electron chi connectivity index (χ2n) is 5.71. The van der Waals surface area contributed by atoms with E-state index < -0.39 is 7.92 Å². The number of benzene rings is 3. The van der Waals surface area contributed by atoms with Gasteiger partial charge in [-0.25, -0.2) is 0 Å². The van der Waals surface area contributed by atoms with Gasteiger partial charge in [-0.05, 0) is 37.7 Å². The van der Waals surface area contributed by atoms with E-state index in [0.717, 1.165) is 0 Å². The van der Waals surface area contributed by atoms with Crippen LogP contribution in [0.4, 0.5) is 0 Å². The molecule has 3 aromatic carbocycles. The molecule has 3 aromatic rings. The first-order valence-corrected chi connectivity index (χ1v) is 11.1. The van der Waals surface area contributed by atoms with Crippen molar-refractivity contribution < 1.29 is 9.53 Å². The van der Waals surface area contributed by atoms with E-state index in [4.69, 9.17) is 0 Å². The fourth-order valence-electron chi connectivity index (χ4n) is 2.44. The maximum atomic E-state index is 10.5. The van der Waals surface area contributed by atoms with Gasteiger partial charge in [-0.15, -0.1) is 0 Å². The minimum atomic E-state index is -0.446. The Kier molecular flexibility index (Phi) is 9.24. The van der Waals surface area contributed by atoms with Crippen LogP contribution in [-0.2, 0) is 9.53 Å². The van der Waals surface area contributed by atoms with Gasteiger partial charge in [0.25, 0.3) is 0 Å². The normalized spacial score (nSPS) is 11.3. The number of carbonyl (C=O) groups is 1. The number of rotatable bonds is 5. The Balaban J connectivity index is 0.000000279. The van der Waals surface area contributed by atoms with Crippen molar-refractivity contribution in [2.24, 2.45) is 0 Å². The highest BCUT2D eigenvalue weighted by Gasteiger charge is 2.15. The number of esters is 1. The van der Waals surface area contributed by atoms with E-state index in [9.17, 15) is 4.79 Å². The molecule has 0 saturated carbocycles. The molecule has 0 spiro atoms. The average Bonchev–Trinajstić information content (AvgIpc) is 2.71. The van der Waals surface area contributed by atoms with E-state index in [1.54, 1.807) is 13.8 Å². The van der Waals surface area contributed by atoms with E-state index >= 15 is 0 Å². The van der Waals surface area contributed by atoms with Crippen molar-refractivity contribution in [3.05, 3.63) is 91.0 Å². The molecule has 140 valence electrons. The lowest BCUT2D eigenvalue weighted by atomic mass is 10.4. The zero-order valence-electron chi connectivity index (χ0n) is 15.6. The van der Waals surface area contributed by atoms with Crippen LogP contribution in [0.25, 0.3) is 0 Å². The van der Waals surface area contributed by atoms with E-state index in [0.29, 0.717) is 6.61 Å². The summed E-state index contributed by atoms with van der Waals surface area (Å²) in [7, 11) is -0.446. The summed E-state index contributed by atoms with van der Waals surface area (Å²) in [6.45, 7) is 3.97. The Hall–Kier alpha value is -1.96. The molecule has 0 aromatic heterocycles. The number of halogens is 1. The van der Waals surface area contributed by atoms with Crippen molar-refractivity contribution in [3.63, 3.8) is 0 Å². The molecular formula is C23H24BrO2P. The molecule has 0 heterocycles. The summed E-state index contributed by atoms with van der Waals surface area (Å²) in [4.78, 5) is 10.3. The highest BCUT2D eigenvalue weighted by Crippen LogP contribution is 2.32. The van der Waals surface area contributed by atoms with Gasteiger partial charge in [0.1, 0.15) is 4.83 Å². The Bertz CT molecular complexity index is 698. The average molecular weight is 443 g/mol. The number of carbonyl (C=O) groups excluding carboxylic acids is 1. The summed E-state index contributed by atoms with van der Waals surface area (Å²) in [6, 6.07) is 32.3. The molecular weight excluding hydrogens is 419 g/mol. The molecule has 0 bridgehead atoms. The summed E-state index contributed by atoms with van der Waals surface area (Å²) < 4.78 is 4.62. The SMILES string of the molecule is CCOC(=O)C(C)Br.c1ccc(P(c2ccccc2)c2ccccc2)cc1. The van der Waals surface area contributed by atoms with Crippen LogP contribution in [0.3, 0.4) is 0 Å². The first kappa shape index (κ1) is 21.3. The summed E-state index contributed by atoms with van der Waals surface area (Å²) >= 11 is 3.07. The van der Waals surface area contributed by atoms with Crippen molar-refractivity contribution >= 4 is 45.7 Å². The standard InChI is InChI=1S/C18H15P.C5H9BrO2/c1-4-10-16(11-5-1)19(17-12-6-2-7-13-17)18-14-8-3-9-15-18;1-3-8-5(7)4(2)6/h1-15H;4H,3H2,1-2H3. The predicted octanol–water partition coefficient (Wildman–Crippen LogP) is 4.78. The molecule has 4 heteroatoms. The van der Waals surface area contributed by atoms with E-state index in [1.807, 2.05) is 0 Å². The second-order valence-corrected chi connectivity index (χ2v) is 9.30. The van der Waals surface area contributed by atoms with E-state index in [1.165, 1.54) is 15.9 Å². The first-order chi connectivity index (χ1) is 13.1. The Labute approximate surface area is 171 Å². The second kappa shape index (κ2) is 11.7. The summed E-state index contributed by atoms with van der Waals surface area (Å²) in [5.74, 6) is -0.201. The number of alkyl halides is 1. The molecule has 0 aliphatic heterocycles. The maximum Gasteiger partial charge on any atom is 0.319 e. The molecule has 2 nitrogen and oxygen atoms in total. The van der Waals surface area contributed by atoms with Crippen molar-refractivity contribution in [1.82, 2.24) is 0 Å². The van der Waals surface area contributed by atoms with Crippen molar-refractivity contribution in [3.8, 4) is 0 Å². The Morgan fingerprint density at radius 3 is 1.37 bits per heavy atom. The summed E-state index contributed by atoms with van der Waals surface area (Å²) in [6.07, 6.45) is 0. The van der Waals surface area contributed by atoms with Gasteiger partial charge in [0.15, 0.2) is 0 Å². The number of hydrogen-bond donors (Lipinski definition) is 0. The van der Waals surface area contributed by atoms with Crippen LogP contribution in [0.15, 0.2) is 91.0 Å². The summed E-state index contributed by atoms with van der Waals surface area (Å²) in [5, 5.41) is 4.19. The molecule has 3 rings (SSSR count). The predicted molar refractivity (Wildman–Crippen MR) is 120 cm³/mol. The lowest BCUT2D eigenvalue weighted by Crippen LogP contribution is -2.20. The third kappa shape index (κ3) is 6.93. The van der Waals surface area contributed by atoms with Gasteiger partial charge in [-0.2, -0.15) is 0 Å². The molecule has 27 heavy (non-hydrogen) atoms. The van der Waals surface area contributed by atoms with Gasteiger partial charge in [0.2, 0.25) is 0 Å². The van der Waals surface area contributed by atoms with Crippen molar-refractivity contribution in [1.29, 1.82) is 0 Å². The molecule has 0 N–H and O–H groups in total. The van der Waals surface area contributed by atoms with Gasteiger partial charge in [-0.3, -0.25) is 4.79 Å². The van der Waals surface area contributed by atoms with Gasteiger partial charge in [0, 0.05) is 0 Å². The van der Waals surface area contributed by atoms with Crippen LogP contribution in [0.5, 0.6) is 0 Å². The van der Waals surface area contributed by atoms with Crippen LogP contribution in [0.2, 0.25) is 0 Å². The third-order valence-electron chi connectivity index (χ3n) is 3.65. The van der Waals surface area contributed by atoms with Crippen LogP contribution >= 0.6 is 23.9 Å². The van der Waals surface area contributed by atoms with Crippen LogP contribution in [0, 0.1) is 0 Å². The summed E-state index contributed by atoms with van der Waals surface area (Å²) in [5.41, 5.74) is 0. The Morgan fingerprint density at radius 2 is 1.15 bits per heavy atom. The first-order valence-electron chi connectivity index (χ1n) is 8.89. The smallest absolute Gasteiger partial charge is 0.319 e. The molecule has 0 amide bonds. The quantitative estimate of drug-likeness (QED) is 0.323. The highest BCUT2D eigenvalue weighted by molar-refractivity contribution is 9.10. The molecule has 0 saturated heterocycles. The molecule has 1 unspecified atom stereocenters. The largest absolute Gasteiger partial charge is 0.465 e. The molecule has 1 atom stereocenters. The number of hydrogen-bond acceptors (Lipinski definition) is 2. The maximum absolute atomic E-state index is 10.5. The van der Waals surface area contributed by atoms with Gasteiger partial charge in [-0.1, -0.05) is 107 Å². The zero-order chi connectivity index (χ0) is 19.5. The van der Waals surface area contributed by atoms with Gasteiger partial charge in [0.05, 0.1) is 6.61 Å². The van der Waals surface area contributed by atoms with Crippen LogP contribution < -0.4 is 15.9 Å². The fraction of sp³-hybridized carbons (Fsp3) is 0.174. The van der Waals surface area contributed by atoms with Gasteiger partial charge >= 0.3 is 5.97 Å².